The van der Waals surface area contributed by atoms with E-state index in [1.807, 2.05) is 41.2 Å². The Hall–Kier alpha value is -3.28. The Kier molecular flexibility index (Phi) is 3.74. The molecule has 6 nitrogen and oxygen atoms in total. The van der Waals surface area contributed by atoms with Gasteiger partial charge in [-0.15, -0.1) is 0 Å². The number of hydrogen-bond acceptors (Lipinski definition) is 3. The lowest BCUT2D eigenvalue weighted by Gasteiger charge is -2.11. The number of hydrazine groups is 1. The lowest BCUT2D eigenvalue weighted by molar-refractivity contribution is 0.0831. The van der Waals surface area contributed by atoms with Crippen LogP contribution in [-0.4, -0.2) is 16.4 Å². The molecule has 3 aromatic rings. The maximum atomic E-state index is 12.3. The molecule has 0 fully saturated rings. The maximum absolute atomic E-state index is 12.3. The third kappa shape index (κ3) is 2.76. The summed E-state index contributed by atoms with van der Waals surface area (Å²) in [6, 6.07) is 13.9. The van der Waals surface area contributed by atoms with Crippen LogP contribution in [0.2, 0.25) is 0 Å². The van der Waals surface area contributed by atoms with Crippen LogP contribution in [-0.2, 0) is 0 Å². The van der Waals surface area contributed by atoms with Gasteiger partial charge < -0.3 is 8.98 Å². The first-order valence-corrected chi connectivity index (χ1v) is 6.62. The van der Waals surface area contributed by atoms with Crippen LogP contribution in [0.15, 0.2) is 71.6 Å². The van der Waals surface area contributed by atoms with E-state index in [9.17, 15) is 9.59 Å². The van der Waals surface area contributed by atoms with Crippen molar-refractivity contribution in [3.8, 4) is 5.69 Å². The first-order chi connectivity index (χ1) is 10.8. The van der Waals surface area contributed by atoms with E-state index in [1.165, 1.54) is 12.3 Å². The second-order valence-electron chi connectivity index (χ2n) is 4.49. The molecule has 3 rings (SSSR count). The number of hydrogen-bond donors (Lipinski definition) is 2. The minimum atomic E-state index is -0.517. The van der Waals surface area contributed by atoms with Crippen LogP contribution in [0.1, 0.15) is 20.9 Å². The van der Waals surface area contributed by atoms with E-state index in [-0.39, 0.29) is 5.76 Å². The highest BCUT2D eigenvalue weighted by Gasteiger charge is 2.14. The Morgan fingerprint density at radius 1 is 0.864 bits per heavy atom. The molecule has 0 unspecified atom stereocenters. The van der Waals surface area contributed by atoms with Crippen molar-refractivity contribution in [2.45, 2.75) is 0 Å². The predicted octanol–water partition coefficient (Wildman–Crippen LogP) is 2.15. The molecule has 2 aromatic heterocycles. The second kappa shape index (κ2) is 6.01. The largest absolute Gasteiger partial charge is 0.459 e. The Balaban J connectivity index is 1.74. The Bertz CT molecular complexity index is 777. The first-order valence-electron chi connectivity index (χ1n) is 6.62. The zero-order valence-electron chi connectivity index (χ0n) is 11.5. The van der Waals surface area contributed by atoms with Crippen molar-refractivity contribution in [3.05, 3.63) is 78.5 Å². The van der Waals surface area contributed by atoms with Crippen molar-refractivity contribution in [1.29, 1.82) is 0 Å². The Labute approximate surface area is 126 Å². The van der Waals surface area contributed by atoms with E-state index < -0.39 is 11.8 Å². The van der Waals surface area contributed by atoms with Gasteiger partial charge in [-0.3, -0.25) is 20.4 Å². The molecule has 0 spiro atoms. The summed E-state index contributed by atoms with van der Waals surface area (Å²) >= 11 is 0. The number of carbonyl (C=O) groups excluding carboxylic acids is 2. The molecular weight excluding hydrogens is 282 g/mol. The topological polar surface area (TPSA) is 76.3 Å². The predicted molar refractivity (Wildman–Crippen MR) is 79.4 cm³/mol. The standard InChI is InChI=1S/C16H13N3O3/c20-15(17-18-16(21)14-8-5-11-22-14)12-6-1-2-7-13(12)19-9-3-4-10-19/h1-11H,(H,17,20)(H,18,21). The van der Waals surface area contributed by atoms with Crippen molar-refractivity contribution >= 4 is 11.8 Å². The van der Waals surface area contributed by atoms with E-state index in [0.29, 0.717) is 5.56 Å². The number of benzene rings is 1. The fourth-order valence-electron chi connectivity index (χ4n) is 2.04. The smallest absolute Gasteiger partial charge is 0.305 e. The number of para-hydroxylation sites is 1. The van der Waals surface area contributed by atoms with Gasteiger partial charge in [-0.1, -0.05) is 12.1 Å². The van der Waals surface area contributed by atoms with Gasteiger partial charge in [0.25, 0.3) is 5.91 Å². The lowest BCUT2D eigenvalue weighted by atomic mass is 10.1. The summed E-state index contributed by atoms with van der Waals surface area (Å²) in [4.78, 5) is 24.0. The number of nitrogens with zero attached hydrogens (tertiary/aromatic N) is 1. The van der Waals surface area contributed by atoms with Gasteiger partial charge in [0.05, 0.1) is 17.5 Å². The highest BCUT2D eigenvalue weighted by Crippen LogP contribution is 2.14. The Morgan fingerprint density at radius 2 is 1.59 bits per heavy atom. The van der Waals surface area contributed by atoms with Crippen molar-refractivity contribution < 1.29 is 14.0 Å². The van der Waals surface area contributed by atoms with Crippen molar-refractivity contribution in [2.24, 2.45) is 0 Å². The van der Waals surface area contributed by atoms with Crippen LogP contribution >= 0.6 is 0 Å². The highest BCUT2D eigenvalue weighted by molar-refractivity contribution is 6.00. The quantitative estimate of drug-likeness (QED) is 0.727. The summed E-state index contributed by atoms with van der Waals surface area (Å²) in [7, 11) is 0. The molecule has 110 valence electrons. The first kappa shape index (κ1) is 13.7. The van der Waals surface area contributed by atoms with Gasteiger partial charge in [0.15, 0.2) is 5.76 Å². The van der Waals surface area contributed by atoms with Gasteiger partial charge in [0.1, 0.15) is 0 Å². The van der Waals surface area contributed by atoms with Crippen LogP contribution in [0.4, 0.5) is 0 Å². The molecule has 0 saturated heterocycles. The SMILES string of the molecule is O=C(NNC(=O)c1ccccc1-n1cccc1)c1ccco1. The normalized spacial score (nSPS) is 10.2. The molecule has 0 atom stereocenters. The van der Waals surface area contributed by atoms with Gasteiger partial charge in [-0.05, 0) is 36.4 Å². The summed E-state index contributed by atoms with van der Waals surface area (Å²) in [5.74, 6) is -0.806. The third-order valence-electron chi connectivity index (χ3n) is 3.07. The van der Waals surface area contributed by atoms with E-state index in [4.69, 9.17) is 4.42 Å². The fourth-order valence-corrected chi connectivity index (χ4v) is 2.04. The van der Waals surface area contributed by atoms with E-state index >= 15 is 0 Å². The minimum Gasteiger partial charge on any atom is -0.459 e. The number of aromatic nitrogens is 1. The molecule has 2 N–H and O–H groups in total. The summed E-state index contributed by atoms with van der Waals surface area (Å²) < 4.78 is 6.77. The average Bonchev–Trinajstić information content (AvgIpc) is 3.24. The van der Waals surface area contributed by atoms with Gasteiger partial charge >= 0.3 is 5.91 Å². The van der Waals surface area contributed by atoms with Crippen LogP contribution in [0.3, 0.4) is 0 Å². The molecule has 2 heterocycles. The lowest BCUT2D eigenvalue weighted by Crippen LogP contribution is -2.41. The summed E-state index contributed by atoms with van der Waals surface area (Å²) in [5, 5.41) is 0. The van der Waals surface area contributed by atoms with Crippen molar-refractivity contribution in [2.75, 3.05) is 0 Å². The average molecular weight is 295 g/mol. The summed E-state index contributed by atoms with van der Waals surface area (Å²) in [6.07, 6.45) is 5.07. The molecule has 6 heteroatoms. The fraction of sp³-hybridized carbons (Fsp3) is 0. The molecule has 0 saturated carbocycles. The number of furan rings is 1. The van der Waals surface area contributed by atoms with Crippen LogP contribution in [0.5, 0.6) is 0 Å². The highest BCUT2D eigenvalue weighted by atomic mass is 16.3. The zero-order chi connectivity index (χ0) is 15.4. The maximum Gasteiger partial charge on any atom is 0.305 e. The molecule has 0 bridgehead atoms. The second-order valence-corrected chi connectivity index (χ2v) is 4.49. The van der Waals surface area contributed by atoms with E-state index in [0.717, 1.165) is 5.69 Å². The van der Waals surface area contributed by atoms with Crippen molar-refractivity contribution in [1.82, 2.24) is 15.4 Å². The Morgan fingerprint density at radius 3 is 2.32 bits per heavy atom. The zero-order valence-corrected chi connectivity index (χ0v) is 11.5. The van der Waals surface area contributed by atoms with Gasteiger partial charge in [-0.25, -0.2) is 0 Å². The molecule has 0 aliphatic heterocycles. The minimum absolute atomic E-state index is 0.124. The van der Waals surface area contributed by atoms with Crippen LogP contribution in [0.25, 0.3) is 5.69 Å². The van der Waals surface area contributed by atoms with Crippen LogP contribution in [0, 0.1) is 0 Å². The number of rotatable bonds is 3. The van der Waals surface area contributed by atoms with Gasteiger partial charge in [0.2, 0.25) is 0 Å². The number of carbonyl (C=O) groups is 2. The molecule has 0 aliphatic carbocycles. The van der Waals surface area contributed by atoms with Crippen molar-refractivity contribution in [3.63, 3.8) is 0 Å². The monoisotopic (exact) mass is 295 g/mol. The molecular formula is C16H13N3O3. The van der Waals surface area contributed by atoms with Gasteiger partial charge in [0, 0.05) is 12.4 Å². The summed E-state index contributed by atoms with van der Waals surface area (Å²) in [5.41, 5.74) is 5.85. The third-order valence-corrected chi connectivity index (χ3v) is 3.07. The van der Waals surface area contributed by atoms with Crippen LogP contribution < -0.4 is 10.9 Å². The molecule has 1 aromatic carbocycles. The molecule has 2 amide bonds. The molecule has 0 aliphatic rings. The van der Waals surface area contributed by atoms with E-state index in [2.05, 4.69) is 10.9 Å². The number of amides is 2. The summed E-state index contributed by atoms with van der Waals surface area (Å²) in [6.45, 7) is 0. The van der Waals surface area contributed by atoms with E-state index in [1.54, 1.807) is 18.2 Å². The number of nitrogens with one attached hydrogen (secondary N) is 2. The molecule has 0 radical (unpaired) electrons. The van der Waals surface area contributed by atoms with Gasteiger partial charge in [-0.2, -0.15) is 0 Å². The molecule has 22 heavy (non-hydrogen) atoms.